The molecule has 1 saturated heterocycles. The van der Waals surface area contributed by atoms with Crippen molar-refractivity contribution in [3.63, 3.8) is 0 Å². The van der Waals surface area contributed by atoms with E-state index in [1.54, 1.807) is 6.07 Å². The lowest BCUT2D eigenvalue weighted by molar-refractivity contribution is -0.119. The maximum absolute atomic E-state index is 14.3. The summed E-state index contributed by atoms with van der Waals surface area (Å²) in [5, 5.41) is 3.27. The highest BCUT2D eigenvalue weighted by molar-refractivity contribution is 6.31. The fraction of sp³-hybridized carbons (Fsp3) is 0.562. The number of halogens is 2. The Kier molecular flexibility index (Phi) is 6.03. The molecule has 1 aliphatic heterocycles. The predicted octanol–water partition coefficient (Wildman–Crippen LogP) is 2.84. The zero-order chi connectivity index (χ0) is 16.1. The molecule has 1 aromatic rings. The number of nitrogens with one attached hydrogen (secondary N) is 1. The van der Waals surface area contributed by atoms with Crippen molar-refractivity contribution in [3.8, 4) is 5.75 Å². The number of hydrogen-bond acceptors (Lipinski definition) is 3. The van der Waals surface area contributed by atoms with Crippen LogP contribution in [0.4, 0.5) is 4.39 Å². The molecule has 0 radical (unpaired) electrons. The molecule has 2 rings (SSSR count). The second-order valence-electron chi connectivity index (χ2n) is 5.72. The molecule has 0 aliphatic carbocycles. The van der Waals surface area contributed by atoms with Gasteiger partial charge in [-0.05, 0) is 37.4 Å². The molecular weight excluding hydrogens is 307 g/mol. The minimum absolute atomic E-state index is 0.0148. The van der Waals surface area contributed by atoms with Crippen LogP contribution in [-0.4, -0.2) is 37.6 Å². The maximum Gasteiger partial charge on any atom is 0.216 e. The SMILES string of the molecule is COc1ccc(Cl)c(CN2CCC[C@@H](CNC(C)=O)C2)c1F. The standard InChI is InChI=1S/C16H22ClFN2O2/c1-11(21)19-8-12-4-3-7-20(9-12)10-13-14(17)5-6-15(22-2)16(13)18/h5-6,12H,3-4,7-10H2,1-2H3,(H,19,21)/t12-/m0/s1. The number of nitrogens with zero attached hydrogens (tertiary/aromatic N) is 1. The number of carbonyl (C=O) groups is 1. The molecule has 0 aromatic heterocycles. The van der Waals surface area contributed by atoms with Crippen molar-refractivity contribution in [3.05, 3.63) is 28.5 Å². The summed E-state index contributed by atoms with van der Waals surface area (Å²) in [7, 11) is 1.44. The molecule has 0 unspecified atom stereocenters. The predicted molar refractivity (Wildman–Crippen MR) is 84.6 cm³/mol. The van der Waals surface area contributed by atoms with Crippen molar-refractivity contribution < 1.29 is 13.9 Å². The summed E-state index contributed by atoms with van der Waals surface area (Å²) in [6.45, 7) is 4.38. The van der Waals surface area contributed by atoms with Crippen molar-refractivity contribution in [2.75, 3.05) is 26.7 Å². The van der Waals surface area contributed by atoms with Crippen LogP contribution in [0.15, 0.2) is 12.1 Å². The van der Waals surface area contributed by atoms with Gasteiger partial charge >= 0.3 is 0 Å². The van der Waals surface area contributed by atoms with Crippen LogP contribution in [0, 0.1) is 11.7 Å². The third-order valence-electron chi connectivity index (χ3n) is 4.00. The van der Waals surface area contributed by atoms with E-state index in [9.17, 15) is 9.18 Å². The van der Waals surface area contributed by atoms with Gasteiger partial charge in [0.15, 0.2) is 11.6 Å². The Hall–Kier alpha value is -1.33. The second kappa shape index (κ2) is 7.79. The maximum atomic E-state index is 14.3. The molecule has 0 spiro atoms. The molecule has 22 heavy (non-hydrogen) atoms. The van der Waals surface area contributed by atoms with Crippen molar-refractivity contribution in [1.29, 1.82) is 0 Å². The summed E-state index contributed by atoms with van der Waals surface area (Å²) >= 11 is 6.14. The average Bonchev–Trinajstić information content (AvgIpc) is 2.50. The first-order chi connectivity index (χ1) is 10.5. The minimum Gasteiger partial charge on any atom is -0.494 e. The first-order valence-corrected chi connectivity index (χ1v) is 7.86. The Morgan fingerprint density at radius 3 is 3.00 bits per heavy atom. The number of piperidine rings is 1. The second-order valence-corrected chi connectivity index (χ2v) is 6.13. The van der Waals surface area contributed by atoms with Gasteiger partial charge in [-0.3, -0.25) is 9.69 Å². The number of hydrogen-bond donors (Lipinski definition) is 1. The molecule has 1 fully saturated rings. The highest BCUT2D eigenvalue weighted by Gasteiger charge is 2.23. The van der Waals surface area contributed by atoms with Crippen LogP contribution in [-0.2, 0) is 11.3 Å². The van der Waals surface area contributed by atoms with E-state index >= 15 is 0 Å². The molecule has 4 nitrogen and oxygen atoms in total. The van der Waals surface area contributed by atoms with Gasteiger partial charge in [-0.15, -0.1) is 0 Å². The van der Waals surface area contributed by atoms with Crippen LogP contribution in [0.25, 0.3) is 0 Å². The highest BCUT2D eigenvalue weighted by atomic mass is 35.5. The van der Waals surface area contributed by atoms with Crippen LogP contribution >= 0.6 is 11.6 Å². The molecule has 122 valence electrons. The van der Waals surface area contributed by atoms with E-state index in [2.05, 4.69) is 10.2 Å². The fourth-order valence-electron chi connectivity index (χ4n) is 2.85. The molecule has 1 aromatic carbocycles. The van der Waals surface area contributed by atoms with Gasteiger partial charge in [0.05, 0.1) is 7.11 Å². The molecule has 1 N–H and O–H groups in total. The molecule has 6 heteroatoms. The normalized spacial score (nSPS) is 19.0. The van der Waals surface area contributed by atoms with E-state index in [4.69, 9.17) is 16.3 Å². The van der Waals surface area contributed by atoms with Gasteiger partial charge < -0.3 is 10.1 Å². The van der Waals surface area contributed by atoms with E-state index in [1.807, 2.05) is 0 Å². The van der Waals surface area contributed by atoms with Gasteiger partial charge in [0.25, 0.3) is 0 Å². The van der Waals surface area contributed by atoms with Gasteiger partial charge in [0.1, 0.15) is 0 Å². The largest absolute Gasteiger partial charge is 0.494 e. The van der Waals surface area contributed by atoms with Crippen molar-refractivity contribution in [2.45, 2.75) is 26.3 Å². The molecule has 1 atom stereocenters. The third kappa shape index (κ3) is 4.34. The number of carbonyl (C=O) groups excluding carboxylic acids is 1. The smallest absolute Gasteiger partial charge is 0.216 e. The monoisotopic (exact) mass is 328 g/mol. The van der Waals surface area contributed by atoms with Crippen molar-refractivity contribution in [2.24, 2.45) is 5.92 Å². The Labute approximate surface area is 135 Å². The Morgan fingerprint density at radius 1 is 1.55 bits per heavy atom. The molecule has 1 amide bonds. The molecule has 0 saturated carbocycles. The van der Waals surface area contributed by atoms with Crippen LogP contribution in [0.5, 0.6) is 5.75 Å². The molecular formula is C16H22ClFN2O2. The van der Waals surface area contributed by atoms with E-state index in [-0.39, 0.29) is 17.5 Å². The lowest BCUT2D eigenvalue weighted by atomic mass is 9.97. The minimum atomic E-state index is -0.390. The number of ether oxygens (including phenoxy) is 1. The van der Waals surface area contributed by atoms with E-state index in [1.165, 1.54) is 20.1 Å². The molecule has 0 bridgehead atoms. The van der Waals surface area contributed by atoms with Gasteiger partial charge in [-0.2, -0.15) is 0 Å². The topological polar surface area (TPSA) is 41.6 Å². The summed E-state index contributed by atoms with van der Waals surface area (Å²) < 4.78 is 19.4. The molecule has 1 heterocycles. The van der Waals surface area contributed by atoms with E-state index in [0.29, 0.717) is 29.6 Å². The first-order valence-electron chi connectivity index (χ1n) is 7.49. The van der Waals surface area contributed by atoms with E-state index < -0.39 is 0 Å². The van der Waals surface area contributed by atoms with Crippen LogP contribution in [0.1, 0.15) is 25.3 Å². The van der Waals surface area contributed by atoms with Gasteiger partial charge in [0, 0.05) is 37.1 Å². The highest BCUT2D eigenvalue weighted by Crippen LogP contribution is 2.29. The van der Waals surface area contributed by atoms with Crippen molar-refractivity contribution in [1.82, 2.24) is 10.2 Å². The van der Waals surface area contributed by atoms with Gasteiger partial charge in [-0.25, -0.2) is 4.39 Å². The van der Waals surface area contributed by atoms with Gasteiger partial charge in [-0.1, -0.05) is 11.6 Å². The molecule has 1 aliphatic rings. The summed E-state index contributed by atoms with van der Waals surface area (Å²) in [5.41, 5.74) is 0.473. The third-order valence-corrected chi connectivity index (χ3v) is 4.35. The fourth-order valence-corrected chi connectivity index (χ4v) is 3.06. The van der Waals surface area contributed by atoms with Crippen LogP contribution < -0.4 is 10.1 Å². The Balaban J connectivity index is 2.02. The van der Waals surface area contributed by atoms with Crippen LogP contribution in [0.3, 0.4) is 0 Å². The number of amides is 1. The quantitative estimate of drug-likeness (QED) is 0.903. The summed E-state index contributed by atoms with van der Waals surface area (Å²) in [4.78, 5) is 13.2. The zero-order valence-corrected chi connectivity index (χ0v) is 13.8. The zero-order valence-electron chi connectivity index (χ0n) is 13.0. The summed E-state index contributed by atoms with van der Waals surface area (Å²) in [6.07, 6.45) is 2.11. The lowest BCUT2D eigenvalue weighted by Gasteiger charge is -2.33. The lowest BCUT2D eigenvalue weighted by Crippen LogP contribution is -2.40. The number of methoxy groups -OCH3 is 1. The van der Waals surface area contributed by atoms with E-state index in [0.717, 1.165) is 25.9 Å². The van der Waals surface area contributed by atoms with Crippen LogP contribution in [0.2, 0.25) is 5.02 Å². The summed E-state index contributed by atoms with van der Waals surface area (Å²) in [6, 6.07) is 3.20. The number of benzene rings is 1. The number of rotatable bonds is 5. The van der Waals surface area contributed by atoms with Crippen molar-refractivity contribution >= 4 is 17.5 Å². The summed E-state index contributed by atoms with van der Waals surface area (Å²) in [5.74, 6) is 0.203. The average molecular weight is 329 g/mol. The Bertz CT molecular complexity index is 539. The number of likely N-dealkylation sites (tertiary alicyclic amines) is 1. The van der Waals surface area contributed by atoms with Gasteiger partial charge in [0.2, 0.25) is 5.91 Å². The Morgan fingerprint density at radius 2 is 2.32 bits per heavy atom. The first kappa shape index (κ1) is 17.0.